The topological polar surface area (TPSA) is 69.0 Å². The number of halogens is 3. The molecule has 4 rings (SSSR count). The molecule has 1 aromatic heterocycles. The van der Waals surface area contributed by atoms with Crippen LogP contribution in [-0.4, -0.2) is 33.5 Å². The van der Waals surface area contributed by atoms with Crippen LogP contribution in [0, 0.1) is 0 Å². The summed E-state index contributed by atoms with van der Waals surface area (Å²) in [5.41, 5.74) is 2.16. The predicted octanol–water partition coefficient (Wildman–Crippen LogP) is 6.63. The van der Waals surface area contributed by atoms with Crippen LogP contribution < -0.4 is 10.1 Å². The van der Waals surface area contributed by atoms with E-state index in [4.69, 9.17) is 39.5 Å². The zero-order chi connectivity index (χ0) is 23.4. The second-order valence-corrected chi connectivity index (χ2v) is 9.03. The van der Waals surface area contributed by atoms with Gasteiger partial charge in [-0.2, -0.15) is 0 Å². The number of thioether (sulfide) groups is 1. The molecule has 6 nitrogen and oxygen atoms in total. The summed E-state index contributed by atoms with van der Waals surface area (Å²) in [6.45, 7) is 0. The lowest BCUT2D eigenvalue weighted by Crippen LogP contribution is -2.15. The first-order valence-corrected chi connectivity index (χ1v) is 11.8. The zero-order valence-electron chi connectivity index (χ0n) is 17.3. The van der Waals surface area contributed by atoms with Crippen molar-refractivity contribution in [1.82, 2.24) is 14.8 Å². The quantitative estimate of drug-likeness (QED) is 0.277. The summed E-state index contributed by atoms with van der Waals surface area (Å²) in [6.07, 6.45) is 0. The van der Waals surface area contributed by atoms with Crippen molar-refractivity contribution in [2.45, 2.75) is 5.16 Å². The summed E-state index contributed by atoms with van der Waals surface area (Å²) in [5.74, 6) is 1.23. The molecule has 0 aliphatic rings. The monoisotopic (exact) mass is 518 g/mol. The van der Waals surface area contributed by atoms with E-state index < -0.39 is 0 Å². The first kappa shape index (κ1) is 23.4. The van der Waals surface area contributed by atoms with E-state index in [-0.39, 0.29) is 11.7 Å². The lowest BCUT2D eigenvalue weighted by atomic mass is 10.2. The molecule has 0 aliphatic carbocycles. The Morgan fingerprint density at radius 3 is 2.33 bits per heavy atom. The van der Waals surface area contributed by atoms with Crippen LogP contribution in [0.5, 0.6) is 5.75 Å². The molecule has 0 aliphatic heterocycles. The number of rotatable bonds is 7. The number of aromatic nitrogens is 3. The fourth-order valence-corrected chi connectivity index (χ4v) is 4.35. The Bertz CT molecular complexity index is 1280. The number of carbonyl (C=O) groups is 1. The molecular formula is C23H17Cl3N4O2S. The van der Waals surface area contributed by atoms with Crippen molar-refractivity contribution >= 4 is 58.2 Å². The molecule has 1 heterocycles. The summed E-state index contributed by atoms with van der Waals surface area (Å²) in [7, 11) is 1.61. The van der Waals surface area contributed by atoms with Crippen LogP contribution >= 0.6 is 46.6 Å². The van der Waals surface area contributed by atoms with Gasteiger partial charge in [-0.15, -0.1) is 10.2 Å². The highest BCUT2D eigenvalue weighted by Gasteiger charge is 2.18. The first-order valence-electron chi connectivity index (χ1n) is 9.68. The van der Waals surface area contributed by atoms with Crippen LogP contribution in [0.3, 0.4) is 0 Å². The van der Waals surface area contributed by atoms with E-state index in [0.717, 1.165) is 17.0 Å². The lowest BCUT2D eigenvalue weighted by Gasteiger charge is -2.11. The summed E-state index contributed by atoms with van der Waals surface area (Å²) in [6, 6.07) is 19.7. The van der Waals surface area contributed by atoms with E-state index in [1.165, 1.54) is 11.8 Å². The second-order valence-electron chi connectivity index (χ2n) is 6.81. The molecule has 0 bridgehead atoms. The fraction of sp³-hybridized carbons (Fsp3) is 0.0870. The van der Waals surface area contributed by atoms with Gasteiger partial charge in [0.1, 0.15) is 5.75 Å². The van der Waals surface area contributed by atoms with E-state index in [2.05, 4.69) is 15.5 Å². The van der Waals surface area contributed by atoms with Gasteiger partial charge in [-0.1, -0.05) is 46.6 Å². The van der Waals surface area contributed by atoms with Crippen molar-refractivity contribution in [2.75, 3.05) is 18.2 Å². The maximum Gasteiger partial charge on any atom is 0.234 e. The third-order valence-corrected chi connectivity index (χ3v) is 6.33. The number of benzene rings is 3. The van der Waals surface area contributed by atoms with Crippen LogP contribution in [-0.2, 0) is 4.79 Å². The average Bonchev–Trinajstić information content (AvgIpc) is 3.24. The minimum atomic E-state index is -0.235. The van der Waals surface area contributed by atoms with Gasteiger partial charge in [0.15, 0.2) is 11.0 Å². The standard InChI is InChI=1S/C23H17Cl3N4O2S/c1-32-18-9-7-17(8-10-18)30-22(14-2-4-15(24)5-3-14)28-29-23(30)33-13-21(31)27-20-11-6-16(25)12-19(20)26/h2-12H,13H2,1H3,(H,27,31). The molecule has 0 atom stereocenters. The SMILES string of the molecule is COc1ccc(-n2c(SCC(=O)Nc3ccc(Cl)cc3Cl)nnc2-c2ccc(Cl)cc2)cc1. The molecule has 0 saturated heterocycles. The molecule has 0 fully saturated rings. The maximum absolute atomic E-state index is 12.6. The Labute approximate surface area is 209 Å². The van der Waals surface area contributed by atoms with E-state index >= 15 is 0 Å². The number of amides is 1. The van der Waals surface area contributed by atoms with Gasteiger partial charge in [0.2, 0.25) is 5.91 Å². The van der Waals surface area contributed by atoms with Crippen molar-refractivity contribution in [3.05, 3.63) is 81.8 Å². The second kappa shape index (κ2) is 10.5. The van der Waals surface area contributed by atoms with Crippen LogP contribution in [0.1, 0.15) is 0 Å². The molecule has 0 radical (unpaired) electrons. The number of ether oxygens (including phenoxy) is 1. The van der Waals surface area contributed by atoms with Crippen LogP contribution in [0.15, 0.2) is 71.9 Å². The normalized spacial score (nSPS) is 10.8. The largest absolute Gasteiger partial charge is 0.497 e. The first-order chi connectivity index (χ1) is 15.9. The van der Waals surface area contributed by atoms with Gasteiger partial charge in [-0.3, -0.25) is 9.36 Å². The minimum absolute atomic E-state index is 0.105. The Morgan fingerprint density at radius 1 is 0.970 bits per heavy atom. The van der Waals surface area contributed by atoms with Crippen molar-refractivity contribution < 1.29 is 9.53 Å². The number of hydrogen-bond donors (Lipinski definition) is 1. The number of methoxy groups -OCH3 is 1. The number of nitrogens with one attached hydrogen (secondary N) is 1. The smallest absolute Gasteiger partial charge is 0.234 e. The van der Waals surface area contributed by atoms with E-state index in [0.29, 0.717) is 31.7 Å². The third kappa shape index (κ3) is 5.62. The van der Waals surface area contributed by atoms with Crippen LogP contribution in [0.2, 0.25) is 15.1 Å². The molecule has 0 spiro atoms. The molecule has 0 unspecified atom stereocenters. The Kier molecular flexibility index (Phi) is 7.45. The third-order valence-electron chi connectivity index (χ3n) is 4.60. The Hall–Kier alpha value is -2.71. The molecule has 168 valence electrons. The number of anilines is 1. The molecule has 10 heteroatoms. The van der Waals surface area contributed by atoms with E-state index in [9.17, 15) is 4.79 Å². The lowest BCUT2D eigenvalue weighted by molar-refractivity contribution is -0.113. The minimum Gasteiger partial charge on any atom is -0.497 e. The Balaban J connectivity index is 1.60. The zero-order valence-corrected chi connectivity index (χ0v) is 20.3. The maximum atomic E-state index is 12.6. The highest BCUT2D eigenvalue weighted by Crippen LogP contribution is 2.30. The molecule has 3 aromatic carbocycles. The number of hydrogen-bond acceptors (Lipinski definition) is 5. The average molecular weight is 520 g/mol. The Morgan fingerprint density at radius 2 is 1.67 bits per heavy atom. The molecule has 1 amide bonds. The van der Waals surface area contributed by atoms with Gasteiger partial charge >= 0.3 is 0 Å². The van der Waals surface area contributed by atoms with Gasteiger partial charge in [-0.05, 0) is 66.7 Å². The van der Waals surface area contributed by atoms with E-state index in [1.807, 2.05) is 41.0 Å². The summed E-state index contributed by atoms with van der Waals surface area (Å²) < 4.78 is 7.15. The van der Waals surface area contributed by atoms with Crippen molar-refractivity contribution in [2.24, 2.45) is 0 Å². The molecular weight excluding hydrogens is 503 g/mol. The fourth-order valence-electron chi connectivity index (χ4n) is 3.02. The van der Waals surface area contributed by atoms with Gasteiger partial charge in [0, 0.05) is 21.3 Å². The molecule has 0 saturated carbocycles. The predicted molar refractivity (Wildman–Crippen MR) is 134 cm³/mol. The van der Waals surface area contributed by atoms with Crippen molar-refractivity contribution in [1.29, 1.82) is 0 Å². The van der Waals surface area contributed by atoms with Crippen LogP contribution in [0.25, 0.3) is 17.1 Å². The summed E-state index contributed by atoms with van der Waals surface area (Å²) in [5, 5.41) is 13.5. The van der Waals surface area contributed by atoms with Gasteiger partial charge in [0.05, 0.1) is 23.6 Å². The number of carbonyl (C=O) groups excluding carboxylic acids is 1. The molecule has 33 heavy (non-hydrogen) atoms. The van der Waals surface area contributed by atoms with Gasteiger partial charge < -0.3 is 10.1 Å². The molecule has 4 aromatic rings. The van der Waals surface area contributed by atoms with E-state index in [1.54, 1.807) is 37.4 Å². The van der Waals surface area contributed by atoms with Crippen molar-refractivity contribution in [3.8, 4) is 22.8 Å². The highest BCUT2D eigenvalue weighted by molar-refractivity contribution is 7.99. The highest BCUT2D eigenvalue weighted by atomic mass is 35.5. The van der Waals surface area contributed by atoms with Crippen LogP contribution in [0.4, 0.5) is 5.69 Å². The summed E-state index contributed by atoms with van der Waals surface area (Å²) >= 11 is 19.4. The summed E-state index contributed by atoms with van der Waals surface area (Å²) in [4.78, 5) is 12.6. The molecule has 1 N–H and O–H groups in total. The van der Waals surface area contributed by atoms with Gasteiger partial charge in [0.25, 0.3) is 0 Å². The number of nitrogens with zero attached hydrogens (tertiary/aromatic N) is 3. The van der Waals surface area contributed by atoms with Gasteiger partial charge in [-0.25, -0.2) is 0 Å². The van der Waals surface area contributed by atoms with Crippen molar-refractivity contribution in [3.63, 3.8) is 0 Å².